The third kappa shape index (κ3) is 3.59. The van der Waals surface area contributed by atoms with Crippen molar-refractivity contribution in [2.75, 3.05) is 6.54 Å². The molecule has 2 N–H and O–H groups in total. The molecule has 0 spiro atoms. The van der Waals surface area contributed by atoms with Gasteiger partial charge < -0.3 is 10.3 Å². The molecule has 2 rings (SSSR count). The van der Waals surface area contributed by atoms with Crippen molar-refractivity contribution in [3.63, 3.8) is 0 Å². The zero-order chi connectivity index (χ0) is 15.4. The second kappa shape index (κ2) is 6.39. The number of aromatic nitrogens is 2. The summed E-state index contributed by atoms with van der Waals surface area (Å²) in [5, 5.41) is 3.11. The molecule has 0 aliphatic carbocycles. The molecule has 1 aromatic carbocycles. The van der Waals surface area contributed by atoms with E-state index in [9.17, 15) is 14.4 Å². The first-order valence-electron chi connectivity index (χ1n) is 6.97. The third-order valence-corrected chi connectivity index (χ3v) is 3.23. The molecule has 0 atom stereocenters. The molecule has 0 saturated heterocycles. The summed E-state index contributed by atoms with van der Waals surface area (Å²) >= 11 is 0. The lowest BCUT2D eigenvalue weighted by Gasteiger charge is -2.08. The number of aromatic amines is 1. The van der Waals surface area contributed by atoms with Crippen LogP contribution in [0.5, 0.6) is 0 Å². The summed E-state index contributed by atoms with van der Waals surface area (Å²) in [6, 6.07) is 6.74. The topological polar surface area (TPSA) is 84.0 Å². The van der Waals surface area contributed by atoms with Crippen molar-refractivity contribution in [1.29, 1.82) is 0 Å². The molecule has 1 heterocycles. The Kier molecular flexibility index (Phi) is 4.57. The van der Waals surface area contributed by atoms with E-state index in [2.05, 4.69) is 24.1 Å². The Hall–Kier alpha value is -2.37. The molecule has 6 nitrogen and oxygen atoms in total. The van der Waals surface area contributed by atoms with Crippen molar-refractivity contribution in [2.45, 2.75) is 26.8 Å². The molecular formula is C15H19N3O3. The Balaban J connectivity index is 2.21. The number of hydrogen-bond donors (Lipinski definition) is 2. The van der Waals surface area contributed by atoms with Crippen LogP contribution in [0, 0.1) is 5.92 Å². The lowest BCUT2D eigenvalue weighted by Crippen LogP contribution is -2.40. The largest absolute Gasteiger partial charge is 0.355 e. The van der Waals surface area contributed by atoms with Crippen LogP contribution in [0.15, 0.2) is 33.9 Å². The molecule has 112 valence electrons. The van der Waals surface area contributed by atoms with E-state index in [-0.39, 0.29) is 12.5 Å². The number of amides is 1. The van der Waals surface area contributed by atoms with E-state index in [4.69, 9.17) is 0 Å². The van der Waals surface area contributed by atoms with Crippen LogP contribution in [0.25, 0.3) is 10.9 Å². The van der Waals surface area contributed by atoms with E-state index >= 15 is 0 Å². The van der Waals surface area contributed by atoms with E-state index in [0.717, 1.165) is 11.0 Å². The molecule has 0 unspecified atom stereocenters. The average Bonchev–Trinajstić information content (AvgIpc) is 2.43. The Labute approximate surface area is 121 Å². The van der Waals surface area contributed by atoms with Crippen LogP contribution in [0.3, 0.4) is 0 Å². The first-order valence-corrected chi connectivity index (χ1v) is 6.97. The first kappa shape index (κ1) is 15.0. The Morgan fingerprint density at radius 2 is 2.00 bits per heavy atom. The van der Waals surface area contributed by atoms with Crippen LogP contribution in [-0.4, -0.2) is 22.0 Å². The molecule has 6 heteroatoms. The van der Waals surface area contributed by atoms with Gasteiger partial charge in [0.15, 0.2) is 0 Å². The highest BCUT2D eigenvalue weighted by molar-refractivity contribution is 5.78. The summed E-state index contributed by atoms with van der Waals surface area (Å²) in [5.74, 6) is 0.149. The maximum atomic E-state index is 12.2. The number of carbonyl (C=O) groups excluding carboxylic acids is 1. The van der Waals surface area contributed by atoms with Crippen molar-refractivity contribution in [1.82, 2.24) is 14.9 Å². The lowest BCUT2D eigenvalue weighted by atomic mass is 10.1. The normalized spacial score (nSPS) is 11.0. The quantitative estimate of drug-likeness (QED) is 0.856. The van der Waals surface area contributed by atoms with Gasteiger partial charge >= 0.3 is 5.69 Å². The predicted molar refractivity (Wildman–Crippen MR) is 81.3 cm³/mol. The number of fused-ring (bicyclic) bond motifs is 1. The van der Waals surface area contributed by atoms with Crippen LogP contribution in [0.1, 0.15) is 20.3 Å². The van der Waals surface area contributed by atoms with Gasteiger partial charge in [0.05, 0.1) is 10.9 Å². The zero-order valence-corrected chi connectivity index (χ0v) is 12.2. The van der Waals surface area contributed by atoms with E-state index in [1.807, 2.05) is 0 Å². The standard InChI is InChI=1S/C15H19N3O3/c1-10(2)7-8-16-13(19)9-18-14(20)11-5-3-4-6-12(11)17-15(18)21/h3-6,10H,7-9H2,1-2H3,(H,16,19)(H,17,21). The van der Waals surface area contributed by atoms with Gasteiger partial charge in [-0.25, -0.2) is 4.79 Å². The van der Waals surface area contributed by atoms with Crippen LogP contribution in [0.2, 0.25) is 0 Å². The van der Waals surface area contributed by atoms with Gasteiger partial charge in [-0.1, -0.05) is 26.0 Å². The fourth-order valence-corrected chi connectivity index (χ4v) is 2.04. The van der Waals surface area contributed by atoms with Crippen LogP contribution in [0.4, 0.5) is 0 Å². The molecule has 1 aromatic heterocycles. The minimum Gasteiger partial charge on any atom is -0.355 e. The Bertz CT molecular complexity index is 759. The van der Waals surface area contributed by atoms with Gasteiger partial charge in [-0.2, -0.15) is 0 Å². The van der Waals surface area contributed by atoms with E-state index in [1.54, 1.807) is 24.3 Å². The molecular weight excluding hydrogens is 270 g/mol. The summed E-state index contributed by atoms with van der Waals surface area (Å²) in [6.07, 6.45) is 0.856. The molecule has 0 radical (unpaired) electrons. The fraction of sp³-hybridized carbons (Fsp3) is 0.400. The molecule has 21 heavy (non-hydrogen) atoms. The van der Waals surface area contributed by atoms with Crippen LogP contribution in [-0.2, 0) is 11.3 Å². The minimum atomic E-state index is -0.572. The number of nitrogens with one attached hydrogen (secondary N) is 2. The van der Waals surface area contributed by atoms with Crippen molar-refractivity contribution in [3.8, 4) is 0 Å². The summed E-state index contributed by atoms with van der Waals surface area (Å²) < 4.78 is 0.924. The Morgan fingerprint density at radius 3 is 2.71 bits per heavy atom. The highest BCUT2D eigenvalue weighted by atomic mass is 16.2. The van der Waals surface area contributed by atoms with Crippen LogP contribution < -0.4 is 16.6 Å². The van der Waals surface area contributed by atoms with Gasteiger partial charge in [0.25, 0.3) is 5.56 Å². The number of carbonyl (C=O) groups is 1. The van der Waals surface area contributed by atoms with E-state index in [0.29, 0.717) is 23.4 Å². The second-order valence-corrected chi connectivity index (χ2v) is 5.40. The van der Waals surface area contributed by atoms with Crippen molar-refractivity contribution in [3.05, 3.63) is 45.1 Å². The first-order chi connectivity index (χ1) is 9.99. The highest BCUT2D eigenvalue weighted by Gasteiger charge is 2.10. The number of rotatable bonds is 5. The third-order valence-electron chi connectivity index (χ3n) is 3.23. The van der Waals surface area contributed by atoms with Crippen molar-refractivity contribution < 1.29 is 4.79 Å². The Morgan fingerprint density at radius 1 is 1.29 bits per heavy atom. The zero-order valence-electron chi connectivity index (χ0n) is 12.2. The molecule has 0 aliphatic heterocycles. The monoisotopic (exact) mass is 289 g/mol. The van der Waals surface area contributed by atoms with Gasteiger partial charge in [0.2, 0.25) is 5.91 Å². The lowest BCUT2D eigenvalue weighted by molar-refractivity contribution is -0.121. The van der Waals surface area contributed by atoms with Crippen LogP contribution >= 0.6 is 0 Å². The fourth-order valence-electron chi connectivity index (χ4n) is 2.04. The summed E-state index contributed by atoms with van der Waals surface area (Å²) in [5.41, 5.74) is -0.546. The average molecular weight is 289 g/mol. The molecule has 1 amide bonds. The summed E-state index contributed by atoms with van der Waals surface area (Å²) in [4.78, 5) is 38.5. The smallest absolute Gasteiger partial charge is 0.329 e. The predicted octanol–water partition coefficient (Wildman–Crippen LogP) is 0.852. The molecule has 2 aromatic rings. The maximum absolute atomic E-state index is 12.2. The van der Waals surface area contributed by atoms with E-state index in [1.165, 1.54) is 0 Å². The summed E-state index contributed by atoms with van der Waals surface area (Å²) in [7, 11) is 0. The van der Waals surface area contributed by atoms with Gasteiger partial charge in [0, 0.05) is 6.54 Å². The van der Waals surface area contributed by atoms with Gasteiger partial charge in [-0.3, -0.25) is 14.2 Å². The SMILES string of the molecule is CC(C)CCNC(=O)Cn1c(=O)[nH]c2ccccc2c1=O. The van der Waals surface area contributed by atoms with Crippen molar-refractivity contribution in [2.24, 2.45) is 5.92 Å². The summed E-state index contributed by atoms with van der Waals surface area (Å²) in [6.45, 7) is 4.39. The highest BCUT2D eigenvalue weighted by Crippen LogP contribution is 2.02. The van der Waals surface area contributed by atoms with Gasteiger partial charge in [-0.05, 0) is 24.5 Å². The molecule has 0 bridgehead atoms. The second-order valence-electron chi connectivity index (χ2n) is 5.40. The molecule has 0 aliphatic rings. The number of para-hydroxylation sites is 1. The molecule has 0 fully saturated rings. The minimum absolute atomic E-state index is 0.267. The van der Waals surface area contributed by atoms with E-state index < -0.39 is 11.2 Å². The number of nitrogens with zero attached hydrogens (tertiary/aromatic N) is 1. The maximum Gasteiger partial charge on any atom is 0.329 e. The number of hydrogen-bond acceptors (Lipinski definition) is 3. The van der Waals surface area contributed by atoms with Gasteiger partial charge in [-0.15, -0.1) is 0 Å². The number of H-pyrrole nitrogens is 1. The van der Waals surface area contributed by atoms with Crippen molar-refractivity contribution >= 4 is 16.8 Å². The van der Waals surface area contributed by atoms with Gasteiger partial charge in [0.1, 0.15) is 6.54 Å². The molecule has 0 saturated carbocycles. The number of benzene rings is 1.